The molecular weight excluding hydrogens is 202 g/mol. The van der Waals surface area contributed by atoms with Crippen molar-refractivity contribution in [1.29, 1.82) is 0 Å². The highest BCUT2D eigenvalue weighted by atomic mass is 16.1. The number of nitrogen functional groups attached to an aromatic ring is 1. The Hall–Kier alpha value is -1.45. The summed E-state index contributed by atoms with van der Waals surface area (Å²) in [5, 5.41) is 2.89. The summed E-state index contributed by atoms with van der Waals surface area (Å²) in [7, 11) is 0. The smallest absolute Gasteiger partial charge is 0.267 e. The van der Waals surface area contributed by atoms with Crippen LogP contribution < -0.4 is 11.1 Å². The topological polar surface area (TPSA) is 60.1 Å². The van der Waals surface area contributed by atoms with Crippen molar-refractivity contribution in [2.24, 2.45) is 0 Å². The van der Waals surface area contributed by atoms with Crippen LogP contribution in [0.4, 0.5) is 5.69 Å². The highest BCUT2D eigenvalue weighted by Gasteiger charge is 2.13. The summed E-state index contributed by atoms with van der Waals surface area (Å²) in [6.07, 6.45) is 3.89. The standard InChI is InChI=1S/C12H21N3O/c1-4-5-6-14-12(16)11-7-10(13)8-15(11)9(2)3/h7-9H,4-6,13H2,1-3H3,(H,14,16). The van der Waals surface area contributed by atoms with Crippen LogP contribution in [0.5, 0.6) is 0 Å². The number of aromatic nitrogens is 1. The van der Waals surface area contributed by atoms with Gasteiger partial charge in [-0.2, -0.15) is 0 Å². The van der Waals surface area contributed by atoms with E-state index in [1.54, 1.807) is 12.3 Å². The Kier molecular flexibility index (Phi) is 4.40. The summed E-state index contributed by atoms with van der Waals surface area (Å²) in [4.78, 5) is 11.9. The predicted molar refractivity (Wildman–Crippen MR) is 66.5 cm³/mol. The predicted octanol–water partition coefficient (Wildman–Crippen LogP) is 2.18. The van der Waals surface area contributed by atoms with E-state index in [0.29, 0.717) is 11.4 Å². The maximum atomic E-state index is 11.9. The summed E-state index contributed by atoms with van der Waals surface area (Å²) < 4.78 is 1.90. The van der Waals surface area contributed by atoms with E-state index in [9.17, 15) is 4.79 Å². The van der Waals surface area contributed by atoms with E-state index >= 15 is 0 Å². The molecule has 0 aliphatic carbocycles. The summed E-state index contributed by atoms with van der Waals surface area (Å²) in [5.41, 5.74) is 6.98. The molecular formula is C12H21N3O. The second-order valence-corrected chi connectivity index (χ2v) is 4.27. The van der Waals surface area contributed by atoms with Crippen LogP contribution in [0.2, 0.25) is 0 Å². The molecule has 0 aliphatic heterocycles. The minimum absolute atomic E-state index is 0.0427. The van der Waals surface area contributed by atoms with Gasteiger partial charge in [0.1, 0.15) is 5.69 Å². The molecule has 1 amide bonds. The molecule has 0 unspecified atom stereocenters. The first-order valence-electron chi connectivity index (χ1n) is 5.81. The maximum absolute atomic E-state index is 11.9. The Bertz CT molecular complexity index is 355. The molecule has 4 heteroatoms. The Balaban J connectivity index is 2.74. The van der Waals surface area contributed by atoms with Gasteiger partial charge in [0.25, 0.3) is 5.91 Å². The van der Waals surface area contributed by atoms with E-state index in [1.165, 1.54) is 0 Å². The fourth-order valence-electron chi connectivity index (χ4n) is 1.58. The van der Waals surface area contributed by atoms with Crippen LogP contribution in [0.25, 0.3) is 0 Å². The molecule has 3 N–H and O–H groups in total. The van der Waals surface area contributed by atoms with Gasteiger partial charge in [-0.15, -0.1) is 0 Å². The van der Waals surface area contributed by atoms with Crippen LogP contribution in [-0.4, -0.2) is 17.0 Å². The largest absolute Gasteiger partial charge is 0.397 e. The van der Waals surface area contributed by atoms with Crippen LogP contribution in [0.15, 0.2) is 12.3 Å². The van der Waals surface area contributed by atoms with Crippen LogP contribution in [-0.2, 0) is 0 Å². The Morgan fingerprint density at radius 2 is 2.25 bits per heavy atom. The SMILES string of the molecule is CCCCNC(=O)c1cc(N)cn1C(C)C. The first kappa shape index (κ1) is 12.6. The van der Waals surface area contributed by atoms with Crippen LogP contribution in [0, 0.1) is 0 Å². The minimum Gasteiger partial charge on any atom is -0.397 e. The molecule has 1 aromatic rings. The van der Waals surface area contributed by atoms with Gasteiger partial charge in [0.05, 0.1) is 5.69 Å². The monoisotopic (exact) mass is 223 g/mol. The molecule has 90 valence electrons. The van der Waals surface area contributed by atoms with Gasteiger partial charge >= 0.3 is 0 Å². The Morgan fingerprint density at radius 3 is 2.81 bits per heavy atom. The highest BCUT2D eigenvalue weighted by Crippen LogP contribution is 2.16. The van der Waals surface area contributed by atoms with Crippen molar-refractivity contribution in [2.45, 2.75) is 39.7 Å². The van der Waals surface area contributed by atoms with Crippen molar-refractivity contribution in [3.05, 3.63) is 18.0 Å². The number of nitrogens with one attached hydrogen (secondary N) is 1. The first-order chi connectivity index (χ1) is 7.56. The Morgan fingerprint density at radius 1 is 1.56 bits per heavy atom. The van der Waals surface area contributed by atoms with Crippen LogP contribution in [0.1, 0.15) is 50.1 Å². The fraction of sp³-hybridized carbons (Fsp3) is 0.583. The summed E-state index contributed by atoms with van der Waals surface area (Å²) in [6.45, 7) is 6.88. The minimum atomic E-state index is -0.0427. The van der Waals surface area contributed by atoms with Crippen molar-refractivity contribution in [2.75, 3.05) is 12.3 Å². The van der Waals surface area contributed by atoms with Crippen LogP contribution in [0.3, 0.4) is 0 Å². The van der Waals surface area contributed by atoms with Gasteiger partial charge in [0, 0.05) is 18.8 Å². The zero-order valence-electron chi connectivity index (χ0n) is 10.3. The van der Waals surface area contributed by atoms with Crippen molar-refractivity contribution in [1.82, 2.24) is 9.88 Å². The average molecular weight is 223 g/mol. The van der Waals surface area contributed by atoms with E-state index < -0.39 is 0 Å². The van der Waals surface area contributed by atoms with Gasteiger partial charge in [-0.3, -0.25) is 4.79 Å². The van der Waals surface area contributed by atoms with Crippen molar-refractivity contribution in [3.8, 4) is 0 Å². The number of nitrogens with two attached hydrogens (primary N) is 1. The van der Waals surface area contributed by atoms with Gasteiger partial charge in [0.2, 0.25) is 0 Å². The summed E-state index contributed by atoms with van der Waals surface area (Å²) in [6, 6.07) is 1.96. The number of unbranched alkanes of at least 4 members (excludes halogenated alkanes) is 1. The fourth-order valence-corrected chi connectivity index (χ4v) is 1.58. The van der Waals surface area contributed by atoms with Gasteiger partial charge < -0.3 is 15.6 Å². The number of carbonyl (C=O) groups is 1. The third-order valence-corrected chi connectivity index (χ3v) is 2.47. The highest BCUT2D eigenvalue weighted by molar-refractivity contribution is 5.93. The molecule has 4 nitrogen and oxygen atoms in total. The molecule has 0 atom stereocenters. The quantitative estimate of drug-likeness (QED) is 0.752. The number of amides is 1. The molecule has 0 bridgehead atoms. The molecule has 0 aliphatic rings. The van der Waals surface area contributed by atoms with Gasteiger partial charge in [0.15, 0.2) is 0 Å². The molecule has 0 saturated heterocycles. The van der Waals surface area contributed by atoms with E-state index in [0.717, 1.165) is 19.4 Å². The third kappa shape index (κ3) is 3.02. The number of nitrogens with zero attached hydrogens (tertiary/aromatic N) is 1. The van der Waals surface area contributed by atoms with Gasteiger partial charge in [-0.1, -0.05) is 13.3 Å². The Labute approximate surface area is 96.8 Å². The molecule has 1 aromatic heterocycles. The summed E-state index contributed by atoms with van der Waals surface area (Å²) in [5.74, 6) is -0.0427. The van der Waals surface area contributed by atoms with E-state index in [2.05, 4.69) is 12.2 Å². The van der Waals surface area contributed by atoms with E-state index in [-0.39, 0.29) is 11.9 Å². The molecule has 0 saturated carbocycles. The van der Waals surface area contributed by atoms with Crippen molar-refractivity contribution in [3.63, 3.8) is 0 Å². The third-order valence-electron chi connectivity index (χ3n) is 2.47. The lowest BCUT2D eigenvalue weighted by atomic mass is 10.3. The molecule has 0 radical (unpaired) electrons. The lowest BCUT2D eigenvalue weighted by Crippen LogP contribution is -2.27. The van der Waals surface area contributed by atoms with Gasteiger partial charge in [-0.05, 0) is 26.3 Å². The average Bonchev–Trinajstić information content (AvgIpc) is 2.61. The normalized spacial score (nSPS) is 10.8. The second-order valence-electron chi connectivity index (χ2n) is 4.27. The molecule has 16 heavy (non-hydrogen) atoms. The van der Waals surface area contributed by atoms with Crippen molar-refractivity contribution < 1.29 is 4.79 Å². The lowest BCUT2D eigenvalue weighted by molar-refractivity contribution is 0.0942. The number of hydrogen-bond acceptors (Lipinski definition) is 2. The van der Waals surface area contributed by atoms with E-state index in [4.69, 9.17) is 5.73 Å². The molecule has 0 aromatic carbocycles. The zero-order chi connectivity index (χ0) is 12.1. The van der Waals surface area contributed by atoms with E-state index in [1.807, 2.05) is 18.4 Å². The second kappa shape index (κ2) is 5.58. The van der Waals surface area contributed by atoms with Crippen molar-refractivity contribution >= 4 is 11.6 Å². The zero-order valence-corrected chi connectivity index (χ0v) is 10.3. The maximum Gasteiger partial charge on any atom is 0.267 e. The summed E-state index contributed by atoms with van der Waals surface area (Å²) >= 11 is 0. The number of carbonyl (C=O) groups excluding carboxylic acids is 1. The number of anilines is 1. The first-order valence-corrected chi connectivity index (χ1v) is 5.81. The molecule has 0 fully saturated rings. The molecule has 1 rings (SSSR count). The number of rotatable bonds is 5. The molecule has 0 spiro atoms. The van der Waals surface area contributed by atoms with Crippen LogP contribution >= 0.6 is 0 Å². The number of hydrogen-bond donors (Lipinski definition) is 2. The van der Waals surface area contributed by atoms with Gasteiger partial charge in [-0.25, -0.2) is 0 Å². The lowest BCUT2D eigenvalue weighted by Gasteiger charge is -2.12. The molecule has 1 heterocycles.